The Kier molecular flexibility index (Phi) is 6.90. The van der Waals surface area contributed by atoms with Gasteiger partial charge in [-0.25, -0.2) is 4.98 Å². The number of hydrogen-bond donors (Lipinski definition) is 0. The number of benzene rings is 3. The van der Waals surface area contributed by atoms with Crippen LogP contribution in [-0.4, -0.2) is 4.98 Å². The molecule has 0 aliphatic carbocycles. The molecule has 0 aliphatic heterocycles. The third-order valence-corrected chi connectivity index (χ3v) is 7.22. The molecule has 0 spiro atoms. The number of pyridine rings is 1. The van der Waals surface area contributed by atoms with Crippen molar-refractivity contribution in [3.05, 3.63) is 77.2 Å². The van der Waals surface area contributed by atoms with Crippen molar-refractivity contribution in [1.82, 2.24) is 4.98 Å². The third kappa shape index (κ3) is 4.14. The highest BCUT2D eigenvalue weighted by molar-refractivity contribution is 6.25. The van der Waals surface area contributed by atoms with Gasteiger partial charge in [0, 0.05) is 17.5 Å². The first-order valence-corrected chi connectivity index (χ1v) is 13.6. The van der Waals surface area contributed by atoms with Crippen LogP contribution in [0.5, 0.6) is 0 Å². The number of aryl methyl sites for hydroxylation is 4. The van der Waals surface area contributed by atoms with Gasteiger partial charge < -0.3 is 4.42 Å². The molecule has 2 nitrogen and oxygen atoms in total. The van der Waals surface area contributed by atoms with Crippen LogP contribution < -0.4 is 0 Å². The predicted molar refractivity (Wildman–Crippen MR) is 150 cm³/mol. The minimum absolute atomic E-state index is 0.815. The molecule has 35 heavy (non-hydrogen) atoms. The van der Waals surface area contributed by atoms with Crippen molar-refractivity contribution in [3.63, 3.8) is 0 Å². The fourth-order valence-electron chi connectivity index (χ4n) is 5.77. The summed E-state index contributed by atoms with van der Waals surface area (Å²) in [6.07, 6.45) is 8.32. The van der Waals surface area contributed by atoms with Crippen LogP contribution in [0.1, 0.15) is 76.0 Å². The van der Waals surface area contributed by atoms with Crippen molar-refractivity contribution >= 4 is 32.6 Å². The molecule has 0 radical (unpaired) electrons. The smallest absolute Gasteiger partial charge is 0.227 e. The van der Waals surface area contributed by atoms with Gasteiger partial charge in [0.25, 0.3) is 0 Å². The van der Waals surface area contributed by atoms with Crippen molar-refractivity contribution in [2.24, 2.45) is 0 Å². The molecule has 180 valence electrons. The molecular formula is C33H37NO. The lowest BCUT2D eigenvalue weighted by atomic mass is 9.87. The average Bonchev–Trinajstić information content (AvgIpc) is 3.00. The van der Waals surface area contributed by atoms with Gasteiger partial charge in [0.1, 0.15) is 5.76 Å². The van der Waals surface area contributed by atoms with Crippen molar-refractivity contribution < 1.29 is 4.42 Å². The quantitative estimate of drug-likeness (QED) is 0.203. The van der Waals surface area contributed by atoms with E-state index in [0.717, 1.165) is 62.8 Å². The molecule has 0 N–H and O–H groups in total. The summed E-state index contributed by atoms with van der Waals surface area (Å²) in [4.78, 5) is 5.26. The molecule has 3 aromatic carbocycles. The van der Waals surface area contributed by atoms with E-state index in [1.54, 1.807) is 0 Å². The Hall–Kier alpha value is -3.13. The van der Waals surface area contributed by atoms with Crippen LogP contribution in [0.15, 0.2) is 59.0 Å². The van der Waals surface area contributed by atoms with E-state index in [-0.39, 0.29) is 0 Å². The Balaban J connectivity index is 2.07. The van der Waals surface area contributed by atoms with Crippen LogP contribution in [0, 0.1) is 0 Å². The van der Waals surface area contributed by atoms with Crippen LogP contribution in [0.4, 0.5) is 0 Å². The summed E-state index contributed by atoms with van der Waals surface area (Å²) in [5.74, 6) is 1.11. The van der Waals surface area contributed by atoms with Gasteiger partial charge in [0.05, 0.1) is 5.39 Å². The molecule has 0 unspecified atom stereocenters. The minimum atomic E-state index is 0.815. The Morgan fingerprint density at radius 3 is 2.03 bits per heavy atom. The monoisotopic (exact) mass is 463 g/mol. The van der Waals surface area contributed by atoms with Crippen LogP contribution >= 0.6 is 0 Å². The van der Waals surface area contributed by atoms with E-state index in [1.165, 1.54) is 54.9 Å². The highest BCUT2D eigenvalue weighted by Crippen LogP contribution is 2.43. The summed E-state index contributed by atoms with van der Waals surface area (Å²) in [6, 6.07) is 20.1. The SMILES string of the molecule is CCCc1nc2oc(CCC)c(CCC)c3cccc4c(-c5ccccc5)cc(c1CCC)c2c43. The van der Waals surface area contributed by atoms with Crippen molar-refractivity contribution in [1.29, 1.82) is 0 Å². The topological polar surface area (TPSA) is 26.0 Å². The second-order valence-corrected chi connectivity index (χ2v) is 9.79. The van der Waals surface area contributed by atoms with Gasteiger partial charge >= 0.3 is 0 Å². The van der Waals surface area contributed by atoms with E-state index in [0.29, 0.717) is 0 Å². The second-order valence-electron chi connectivity index (χ2n) is 9.79. The van der Waals surface area contributed by atoms with E-state index in [9.17, 15) is 0 Å². The predicted octanol–water partition coefficient (Wildman–Crippen LogP) is 9.61. The van der Waals surface area contributed by atoms with Crippen LogP contribution in [-0.2, 0) is 25.7 Å². The Bertz CT molecular complexity index is 1480. The molecule has 5 rings (SSSR count). The molecule has 2 heterocycles. The maximum absolute atomic E-state index is 6.82. The first kappa shape index (κ1) is 23.6. The average molecular weight is 464 g/mol. The number of aromatic nitrogens is 1. The lowest BCUT2D eigenvalue weighted by Crippen LogP contribution is -2.01. The standard InChI is InChI=1S/C33H37NO/c1-5-13-23-28-21-27(22-17-10-9-11-18-22)26-20-12-19-25-24(14-6-2)30(16-8-4)35-33(32(28)31(25)26)34-29(23)15-7-3/h9-12,17-21H,5-8,13-16H2,1-4H3. The largest absolute Gasteiger partial charge is 0.442 e. The Morgan fingerprint density at radius 1 is 0.629 bits per heavy atom. The normalized spacial score (nSPS) is 11.8. The van der Waals surface area contributed by atoms with E-state index >= 15 is 0 Å². The molecule has 0 saturated carbocycles. The number of hydrogen-bond acceptors (Lipinski definition) is 2. The highest BCUT2D eigenvalue weighted by Gasteiger charge is 2.22. The van der Waals surface area contributed by atoms with Gasteiger partial charge in [-0.2, -0.15) is 0 Å². The molecule has 0 bridgehead atoms. The lowest BCUT2D eigenvalue weighted by molar-refractivity contribution is 0.517. The molecule has 0 atom stereocenters. The lowest BCUT2D eigenvalue weighted by Gasteiger charge is -2.17. The summed E-state index contributed by atoms with van der Waals surface area (Å²) >= 11 is 0. The van der Waals surface area contributed by atoms with Crippen molar-refractivity contribution in [3.8, 4) is 11.1 Å². The van der Waals surface area contributed by atoms with E-state index in [2.05, 4.69) is 82.3 Å². The van der Waals surface area contributed by atoms with Gasteiger partial charge in [-0.1, -0.05) is 95.5 Å². The second kappa shape index (κ2) is 10.2. The highest BCUT2D eigenvalue weighted by atomic mass is 16.3. The third-order valence-electron chi connectivity index (χ3n) is 7.22. The zero-order valence-corrected chi connectivity index (χ0v) is 21.7. The number of nitrogens with zero attached hydrogens (tertiary/aromatic N) is 1. The maximum Gasteiger partial charge on any atom is 0.227 e. The summed E-state index contributed by atoms with van der Waals surface area (Å²) in [7, 11) is 0. The van der Waals surface area contributed by atoms with E-state index in [4.69, 9.17) is 9.40 Å². The van der Waals surface area contributed by atoms with Crippen LogP contribution in [0.3, 0.4) is 0 Å². The molecule has 0 amide bonds. The van der Waals surface area contributed by atoms with Gasteiger partial charge in [-0.15, -0.1) is 0 Å². The van der Waals surface area contributed by atoms with Crippen molar-refractivity contribution in [2.75, 3.05) is 0 Å². The summed E-state index contributed by atoms with van der Waals surface area (Å²) in [5.41, 5.74) is 7.36. The molecular weight excluding hydrogens is 426 g/mol. The first-order chi connectivity index (χ1) is 17.2. The van der Waals surface area contributed by atoms with Gasteiger partial charge in [0.2, 0.25) is 5.71 Å². The minimum Gasteiger partial charge on any atom is -0.442 e. The summed E-state index contributed by atoms with van der Waals surface area (Å²) in [5, 5.41) is 6.49. The fraction of sp³-hybridized carbons (Fsp3) is 0.364. The Labute approximate surface area is 209 Å². The molecule has 0 saturated heterocycles. The van der Waals surface area contributed by atoms with E-state index in [1.807, 2.05) is 0 Å². The summed E-state index contributed by atoms with van der Waals surface area (Å²) < 4.78 is 6.82. The molecule has 2 heteroatoms. The van der Waals surface area contributed by atoms with E-state index < -0.39 is 0 Å². The Morgan fingerprint density at radius 2 is 1.31 bits per heavy atom. The summed E-state index contributed by atoms with van der Waals surface area (Å²) in [6.45, 7) is 9.02. The van der Waals surface area contributed by atoms with Gasteiger partial charge in [0.15, 0.2) is 0 Å². The van der Waals surface area contributed by atoms with Gasteiger partial charge in [-0.3, -0.25) is 0 Å². The fourth-order valence-corrected chi connectivity index (χ4v) is 5.77. The van der Waals surface area contributed by atoms with Crippen molar-refractivity contribution in [2.45, 2.75) is 79.1 Å². The molecule has 5 aromatic rings. The van der Waals surface area contributed by atoms with Gasteiger partial charge in [-0.05, 0) is 70.2 Å². The molecule has 2 aromatic heterocycles. The maximum atomic E-state index is 6.82. The molecule has 0 aliphatic rings. The number of rotatable bonds is 9. The zero-order valence-electron chi connectivity index (χ0n) is 21.7. The zero-order chi connectivity index (χ0) is 24.4. The molecule has 0 fully saturated rings. The van der Waals surface area contributed by atoms with Crippen LogP contribution in [0.2, 0.25) is 0 Å². The van der Waals surface area contributed by atoms with Crippen LogP contribution in [0.25, 0.3) is 43.8 Å². The first-order valence-electron chi connectivity index (χ1n) is 13.6.